The van der Waals surface area contributed by atoms with Crippen LogP contribution in [0.15, 0.2) is 36.7 Å². The van der Waals surface area contributed by atoms with Crippen molar-refractivity contribution in [1.29, 1.82) is 0 Å². The van der Waals surface area contributed by atoms with Crippen LogP contribution in [0.2, 0.25) is 0 Å². The summed E-state index contributed by atoms with van der Waals surface area (Å²) in [6.45, 7) is 3.96. The molecule has 0 spiro atoms. The number of nitrogens with zero attached hydrogens (tertiary/aromatic N) is 4. The van der Waals surface area contributed by atoms with Crippen LogP contribution >= 0.6 is 0 Å². The van der Waals surface area contributed by atoms with E-state index < -0.39 is 6.10 Å². The molecule has 3 N–H and O–H groups in total. The second kappa shape index (κ2) is 12.2. The highest BCUT2D eigenvalue weighted by Crippen LogP contribution is 2.25. The summed E-state index contributed by atoms with van der Waals surface area (Å²) in [6, 6.07) is 10.3. The van der Waals surface area contributed by atoms with Crippen LogP contribution in [0.1, 0.15) is 54.2 Å². The standard InChI is InChI=1S/C27H36N6O3/c1-19(34)32(2)15-20-7-9-23(10-8-20)31-26-13-25(29-18-30-26)27(36)28-14-24(35)17-33-12-11-21-5-3-4-6-22(21)16-33/h3-6,13,15,18,20,23-24,35H,7-12,14,16-17H2,1-2H3,(H-,28,29,30,31,36)/p+1/t20?,23?,24-/m0/s1. The molecular weight excluding hydrogens is 456 g/mol. The van der Waals surface area contributed by atoms with Gasteiger partial charge in [0.05, 0.1) is 13.0 Å². The zero-order chi connectivity index (χ0) is 25.5. The molecule has 1 aliphatic carbocycles. The lowest BCUT2D eigenvalue weighted by Crippen LogP contribution is -2.42. The Morgan fingerprint density at radius 3 is 2.69 bits per heavy atom. The fourth-order valence-corrected chi connectivity index (χ4v) is 4.98. The molecule has 4 rings (SSSR count). The number of aliphatic hydroxyl groups excluding tert-OH is 1. The molecular formula is C27H37N6O3+. The first kappa shape index (κ1) is 25.9. The van der Waals surface area contributed by atoms with Crippen LogP contribution in [-0.2, 0) is 17.8 Å². The summed E-state index contributed by atoms with van der Waals surface area (Å²) >= 11 is 0. The minimum Gasteiger partial charge on any atom is -0.390 e. The van der Waals surface area contributed by atoms with Crippen molar-refractivity contribution in [2.24, 2.45) is 5.92 Å². The predicted octanol–water partition coefficient (Wildman–Crippen LogP) is 1.86. The van der Waals surface area contributed by atoms with Crippen molar-refractivity contribution in [2.45, 2.75) is 57.7 Å². The van der Waals surface area contributed by atoms with Gasteiger partial charge in [-0.3, -0.25) is 9.69 Å². The number of hydrogen-bond acceptors (Lipinski definition) is 7. The van der Waals surface area contributed by atoms with E-state index in [0.717, 1.165) is 45.2 Å². The predicted molar refractivity (Wildman–Crippen MR) is 138 cm³/mol. The van der Waals surface area contributed by atoms with E-state index in [9.17, 15) is 14.7 Å². The third-order valence-electron chi connectivity index (χ3n) is 7.13. The van der Waals surface area contributed by atoms with Crippen LogP contribution in [0.5, 0.6) is 0 Å². The minimum absolute atomic E-state index is 0.0480. The lowest BCUT2D eigenvalue weighted by atomic mass is 9.86. The number of fused-ring (bicyclic) bond motifs is 1. The third-order valence-corrected chi connectivity index (χ3v) is 7.13. The summed E-state index contributed by atoms with van der Waals surface area (Å²) in [7, 11) is 1.80. The monoisotopic (exact) mass is 493 g/mol. The van der Waals surface area contributed by atoms with Crippen LogP contribution in [0, 0.1) is 5.92 Å². The lowest BCUT2D eigenvalue weighted by Gasteiger charge is -2.30. The first-order chi connectivity index (χ1) is 17.4. The highest BCUT2D eigenvalue weighted by molar-refractivity contribution is 5.92. The molecule has 0 unspecified atom stereocenters. The van der Waals surface area contributed by atoms with Crippen LogP contribution in [0.25, 0.3) is 0 Å². The zero-order valence-corrected chi connectivity index (χ0v) is 21.2. The molecule has 192 valence electrons. The fraction of sp³-hybridized carbons (Fsp3) is 0.519. The van der Waals surface area contributed by atoms with Gasteiger partial charge in [0.15, 0.2) is 6.21 Å². The molecule has 0 radical (unpaired) electrons. The largest absolute Gasteiger partial charge is 0.390 e. The van der Waals surface area contributed by atoms with E-state index in [1.54, 1.807) is 24.6 Å². The second-order valence-corrected chi connectivity index (χ2v) is 9.94. The molecule has 2 heterocycles. The van der Waals surface area contributed by atoms with Crippen molar-refractivity contribution in [1.82, 2.24) is 20.2 Å². The molecule has 0 bridgehead atoms. The maximum atomic E-state index is 12.7. The van der Waals surface area contributed by atoms with E-state index in [1.165, 1.54) is 17.5 Å². The summed E-state index contributed by atoms with van der Waals surface area (Å²) in [4.78, 5) is 34.7. The first-order valence-corrected chi connectivity index (χ1v) is 12.8. The number of aliphatic hydroxyl groups is 1. The molecule has 0 saturated heterocycles. The van der Waals surface area contributed by atoms with Crippen molar-refractivity contribution in [3.8, 4) is 0 Å². The molecule has 1 fully saturated rings. The molecule has 1 atom stereocenters. The van der Waals surface area contributed by atoms with Gasteiger partial charge in [0, 0.05) is 44.2 Å². The number of rotatable bonds is 8. The summed E-state index contributed by atoms with van der Waals surface area (Å²) in [5.74, 6) is 0.742. The average molecular weight is 494 g/mol. The van der Waals surface area contributed by atoms with E-state index in [0.29, 0.717) is 18.3 Å². The summed E-state index contributed by atoms with van der Waals surface area (Å²) in [6.07, 6.45) is 7.64. The molecule has 1 saturated carbocycles. The van der Waals surface area contributed by atoms with E-state index in [2.05, 4.69) is 43.7 Å². The number of carbonyl (C=O) groups excluding carboxylic acids is 2. The Morgan fingerprint density at radius 1 is 1.19 bits per heavy atom. The van der Waals surface area contributed by atoms with E-state index in [-0.39, 0.29) is 30.1 Å². The maximum absolute atomic E-state index is 12.7. The van der Waals surface area contributed by atoms with Gasteiger partial charge in [-0.15, -0.1) is 0 Å². The SMILES string of the molecule is CC(=O)[N+](C)=CC1CCC(Nc2cc(C(=O)NC[C@H](O)CN3CCc4ccccc4C3)ncn2)CC1. The van der Waals surface area contributed by atoms with Gasteiger partial charge >= 0.3 is 5.91 Å². The van der Waals surface area contributed by atoms with Gasteiger partial charge in [-0.2, -0.15) is 4.58 Å². The number of benzene rings is 1. The van der Waals surface area contributed by atoms with Crippen LogP contribution < -0.4 is 10.6 Å². The number of carbonyl (C=O) groups is 2. The highest BCUT2D eigenvalue weighted by Gasteiger charge is 2.24. The van der Waals surface area contributed by atoms with Gasteiger partial charge in [0.25, 0.3) is 5.91 Å². The Morgan fingerprint density at radius 2 is 1.94 bits per heavy atom. The van der Waals surface area contributed by atoms with Crippen molar-refractivity contribution in [3.63, 3.8) is 0 Å². The first-order valence-electron chi connectivity index (χ1n) is 12.8. The second-order valence-electron chi connectivity index (χ2n) is 9.94. The van der Waals surface area contributed by atoms with E-state index >= 15 is 0 Å². The van der Waals surface area contributed by atoms with Crippen molar-refractivity contribution >= 4 is 23.8 Å². The van der Waals surface area contributed by atoms with Crippen molar-refractivity contribution in [2.75, 3.05) is 32.0 Å². The summed E-state index contributed by atoms with van der Waals surface area (Å²) in [5.41, 5.74) is 2.95. The molecule has 2 amide bonds. The van der Waals surface area contributed by atoms with Gasteiger partial charge in [-0.1, -0.05) is 24.3 Å². The van der Waals surface area contributed by atoms with Crippen molar-refractivity contribution < 1.29 is 19.3 Å². The van der Waals surface area contributed by atoms with E-state index in [1.807, 2.05) is 12.3 Å². The van der Waals surface area contributed by atoms with Gasteiger partial charge in [0.2, 0.25) is 0 Å². The van der Waals surface area contributed by atoms with Gasteiger partial charge in [0.1, 0.15) is 24.9 Å². The number of anilines is 1. The number of aromatic nitrogens is 2. The van der Waals surface area contributed by atoms with E-state index in [4.69, 9.17) is 0 Å². The number of β-amino-alcohol motifs (C(OH)–C–C–N with tert-alkyl or cyclic N) is 1. The average Bonchev–Trinajstić information content (AvgIpc) is 2.88. The molecule has 1 aromatic heterocycles. The van der Waals surface area contributed by atoms with Crippen molar-refractivity contribution in [3.05, 3.63) is 53.5 Å². The quantitative estimate of drug-likeness (QED) is 0.380. The normalized spacial score (nSPS) is 21.4. The maximum Gasteiger partial charge on any atom is 0.383 e. The lowest BCUT2D eigenvalue weighted by molar-refractivity contribution is -0.414. The zero-order valence-electron chi connectivity index (χ0n) is 21.2. The summed E-state index contributed by atoms with van der Waals surface area (Å²) < 4.78 is 1.66. The van der Waals surface area contributed by atoms with Crippen LogP contribution in [0.3, 0.4) is 0 Å². The van der Waals surface area contributed by atoms with Crippen LogP contribution in [-0.4, -0.2) is 81.4 Å². The Kier molecular flexibility index (Phi) is 8.77. The molecule has 9 heteroatoms. The molecule has 9 nitrogen and oxygen atoms in total. The topological polar surface area (TPSA) is 110 Å². The summed E-state index contributed by atoms with van der Waals surface area (Å²) in [5, 5.41) is 16.7. The smallest absolute Gasteiger partial charge is 0.383 e. The number of hydrogen-bond donors (Lipinski definition) is 3. The Bertz CT molecular complexity index is 1100. The molecule has 2 aromatic rings. The molecule has 1 aromatic carbocycles. The van der Waals surface area contributed by atoms with Gasteiger partial charge < -0.3 is 15.7 Å². The molecule has 2 aliphatic rings. The van der Waals surface area contributed by atoms with Crippen LogP contribution in [0.4, 0.5) is 5.82 Å². The third kappa shape index (κ3) is 7.18. The highest BCUT2D eigenvalue weighted by atomic mass is 16.3. The molecule has 1 aliphatic heterocycles. The Balaban J connectivity index is 1.22. The fourth-order valence-electron chi connectivity index (χ4n) is 4.98. The number of amides is 2. The molecule has 36 heavy (non-hydrogen) atoms. The number of nitrogens with one attached hydrogen (secondary N) is 2. The Hall–Kier alpha value is -3.17. The van der Waals surface area contributed by atoms with Gasteiger partial charge in [-0.05, 0) is 43.2 Å². The minimum atomic E-state index is -0.660. The van der Waals surface area contributed by atoms with Gasteiger partial charge in [-0.25, -0.2) is 14.8 Å². The Labute approximate surface area is 212 Å².